The van der Waals surface area contributed by atoms with Crippen molar-refractivity contribution >= 4 is 17.3 Å². The van der Waals surface area contributed by atoms with Gasteiger partial charge in [-0.3, -0.25) is 4.98 Å². The molecule has 0 aliphatic rings. The highest BCUT2D eigenvalue weighted by Crippen LogP contribution is 2.24. The van der Waals surface area contributed by atoms with Crippen LogP contribution in [0.3, 0.4) is 0 Å². The Kier molecular flexibility index (Phi) is 3.59. The Hall–Kier alpha value is -1.61. The third-order valence-electron chi connectivity index (χ3n) is 2.36. The van der Waals surface area contributed by atoms with Crippen LogP contribution < -0.4 is 5.32 Å². The third-order valence-corrected chi connectivity index (χ3v) is 2.65. The Bertz CT molecular complexity index is 529. The molecule has 0 aliphatic heterocycles. The molecule has 0 unspecified atom stereocenters. The molecule has 0 amide bonds. The van der Waals surface area contributed by atoms with Gasteiger partial charge in [0.05, 0.1) is 10.7 Å². The van der Waals surface area contributed by atoms with Crippen molar-refractivity contribution in [2.45, 2.75) is 6.92 Å². The number of anilines is 1. The van der Waals surface area contributed by atoms with E-state index in [9.17, 15) is 4.39 Å². The molecule has 0 atom stereocenters. The lowest BCUT2D eigenvalue weighted by Gasteiger charge is -2.06. The fraction of sp³-hybridized carbons (Fsp3) is 0.154. The maximum atomic E-state index is 13.0. The predicted molar refractivity (Wildman–Crippen MR) is 68.8 cm³/mol. The Morgan fingerprint density at radius 1 is 1.29 bits per heavy atom. The van der Waals surface area contributed by atoms with Crippen molar-refractivity contribution < 1.29 is 4.39 Å². The summed E-state index contributed by atoms with van der Waals surface area (Å²) in [6.45, 7) is 2.86. The summed E-state index contributed by atoms with van der Waals surface area (Å²) in [5.74, 6) is -0.418. The quantitative estimate of drug-likeness (QED) is 0.892. The second-order valence-corrected chi connectivity index (χ2v) is 4.00. The van der Waals surface area contributed by atoms with Gasteiger partial charge in [-0.25, -0.2) is 4.39 Å². The zero-order valence-corrected chi connectivity index (χ0v) is 10.1. The number of hydrogen-bond acceptors (Lipinski definition) is 2. The first-order valence-corrected chi connectivity index (χ1v) is 5.74. The molecule has 0 aliphatic carbocycles. The van der Waals surface area contributed by atoms with Crippen LogP contribution in [-0.4, -0.2) is 11.5 Å². The van der Waals surface area contributed by atoms with Gasteiger partial charge in [0.15, 0.2) is 0 Å². The summed E-state index contributed by atoms with van der Waals surface area (Å²) in [5, 5.41) is 3.31. The smallest absolute Gasteiger partial charge is 0.141 e. The molecule has 1 N–H and O–H groups in total. The van der Waals surface area contributed by atoms with E-state index in [0.29, 0.717) is 0 Å². The highest BCUT2D eigenvalue weighted by molar-refractivity contribution is 6.31. The van der Waals surface area contributed by atoms with Crippen LogP contribution in [0.2, 0.25) is 5.02 Å². The average Bonchev–Trinajstić information content (AvgIpc) is 2.33. The van der Waals surface area contributed by atoms with Crippen molar-refractivity contribution in [3.63, 3.8) is 0 Å². The van der Waals surface area contributed by atoms with Crippen LogP contribution in [0.4, 0.5) is 10.1 Å². The summed E-state index contributed by atoms with van der Waals surface area (Å²) >= 11 is 5.75. The molecule has 0 spiro atoms. The van der Waals surface area contributed by atoms with Gasteiger partial charge in [0.2, 0.25) is 0 Å². The molecule has 0 radical (unpaired) electrons. The van der Waals surface area contributed by atoms with E-state index in [-0.39, 0.29) is 5.02 Å². The van der Waals surface area contributed by atoms with Crippen LogP contribution in [0.1, 0.15) is 6.92 Å². The molecule has 0 bridgehead atoms. The first-order valence-electron chi connectivity index (χ1n) is 5.36. The molecule has 1 aromatic heterocycles. The molecule has 88 valence electrons. The van der Waals surface area contributed by atoms with E-state index in [4.69, 9.17) is 11.6 Å². The molecule has 4 heteroatoms. The summed E-state index contributed by atoms with van der Waals surface area (Å²) in [7, 11) is 0. The number of pyridine rings is 1. The lowest BCUT2D eigenvalue weighted by atomic mass is 10.1. The number of aromatic nitrogens is 1. The van der Waals surface area contributed by atoms with Gasteiger partial charge in [0.1, 0.15) is 5.82 Å². The topological polar surface area (TPSA) is 24.9 Å². The second kappa shape index (κ2) is 5.15. The second-order valence-electron chi connectivity index (χ2n) is 3.59. The van der Waals surface area contributed by atoms with E-state index >= 15 is 0 Å². The van der Waals surface area contributed by atoms with Crippen molar-refractivity contribution in [1.82, 2.24) is 4.98 Å². The molecule has 17 heavy (non-hydrogen) atoms. The lowest BCUT2D eigenvalue weighted by Crippen LogP contribution is -1.97. The van der Waals surface area contributed by atoms with Gasteiger partial charge in [-0.2, -0.15) is 0 Å². The molecule has 2 nitrogen and oxygen atoms in total. The molecule has 2 rings (SSSR count). The first-order chi connectivity index (χ1) is 8.20. The van der Waals surface area contributed by atoms with Crippen molar-refractivity contribution in [3.8, 4) is 11.3 Å². The van der Waals surface area contributed by atoms with Crippen molar-refractivity contribution in [2.24, 2.45) is 0 Å². The van der Waals surface area contributed by atoms with E-state index in [0.717, 1.165) is 23.5 Å². The fourth-order valence-electron chi connectivity index (χ4n) is 1.56. The number of nitrogens with one attached hydrogen (secondary N) is 1. The SMILES string of the molecule is CCNc1ccnc(-c2ccc(F)c(Cl)c2)c1. The van der Waals surface area contributed by atoms with Crippen LogP contribution in [0.25, 0.3) is 11.3 Å². The van der Waals surface area contributed by atoms with Crippen molar-refractivity contribution in [1.29, 1.82) is 0 Å². The summed E-state index contributed by atoms with van der Waals surface area (Å²) in [5.41, 5.74) is 2.56. The number of benzene rings is 1. The summed E-state index contributed by atoms with van der Waals surface area (Å²) in [6, 6.07) is 8.39. The van der Waals surface area contributed by atoms with Gasteiger partial charge in [0.25, 0.3) is 0 Å². The lowest BCUT2D eigenvalue weighted by molar-refractivity contribution is 0.628. The molecule has 0 saturated heterocycles. The first kappa shape index (κ1) is 11.9. The average molecular weight is 251 g/mol. The molecular weight excluding hydrogens is 239 g/mol. The van der Waals surface area contributed by atoms with Crippen LogP contribution >= 0.6 is 11.6 Å². The number of nitrogens with zero attached hydrogens (tertiary/aromatic N) is 1. The van der Waals surface area contributed by atoms with Crippen LogP contribution in [0.15, 0.2) is 36.5 Å². The summed E-state index contributed by atoms with van der Waals surface area (Å²) < 4.78 is 13.0. The zero-order valence-electron chi connectivity index (χ0n) is 9.37. The molecule has 2 aromatic rings. The molecular formula is C13H12ClFN2. The largest absolute Gasteiger partial charge is 0.385 e. The van der Waals surface area contributed by atoms with Gasteiger partial charge in [0, 0.05) is 24.0 Å². The summed E-state index contributed by atoms with van der Waals surface area (Å²) in [6.07, 6.45) is 1.71. The normalized spacial score (nSPS) is 10.3. The standard InChI is InChI=1S/C13H12ClFN2/c1-2-16-10-5-6-17-13(8-10)9-3-4-12(15)11(14)7-9/h3-8H,2H2,1H3,(H,16,17). The van der Waals surface area contributed by atoms with Crippen LogP contribution in [-0.2, 0) is 0 Å². The third kappa shape index (κ3) is 2.74. The highest BCUT2D eigenvalue weighted by atomic mass is 35.5. The van der Waals surface area contributed by atoms with E-state index < -0.39 is 5.82 Å². The van der Waals surface area contributed by atoms with Crippen LogP contribution in [0, 0.1) is 5.82 Å². The minimum absolute atomic E-state index is 0.109. The van der Waals surface area contributed by atoms with Crippen molar-refractivity contribution in [3.05, 3.63) is 47.4 Å². The van der Waals surface area contributed by atoms with E-state index in [1.807, 2.05) is 19.1 Å². The highest BCUT2D eigenvalue weighted by Gasteiger charge is 2.04. The predicted octanol–water partition coefficient (Wildman–Crippen LogP) is 3.97. The van der Waals surface area contributed by atoms with Gasteiger partial charge < -0.3 is 5.32 Å². The molecule has 0 fully saturated rings. The molecule has 1 aromatic carbocycles. The van der Waals surface area contributed by atoms with Crippen molar-refractivity contribution in [2.75, 3.05) is 11.9 Å². The zero-order chi connectivity index (χ0) is 12.3. The van der Waals surface area contributed by atoms with E-state index in [1.165, 1.54) is 6.07 Å². The van der Waals surface area contributed by atoms with Gasteiger partial charge in [-0.05, 0) is 37.3 Å². The van der Waals surface area contributed by atoms with Gasteiger partial charge >= 0.3 is 0 Å². The Balaban J connectivity index is 2.38. The fourth-order valence-corrected chi connectivity index (χ4v) is 1.74. The Labute approximate surface area is 104 Å². The maximum Gasteiger partial charge on any atom is 0.141 e. The number of halogens is 2. The number of rotatable bonds is 3. The minimum atomic E-state index is -0.418. The van der Waals surface area contributed by atoms with E-state index in [2.05, 4.69) is 10.3 Å². The Morgan fingerprint density at radius 3 is 2.82 bits per heavy atom. The van der Waals surface area contributed by atoms with Gasteiger partial charge in [-0.1, -0.05) is 11.6 Å². The summed E-state index contributed by atoms with van der Waals surface area (Å²) in [4.78, 5) is 4.24. The molecule has 1 heterocycles. The van der Waals surface area contributed by atoms with Gasteiger partial charge in [-0.15, -0.1) is 0 Å². The van der Waals surface area contributed by atoms with Crippen LogP contribution in [0.5, 0.6) is 0 Å². The Morgan fingerprint density at radius 2 is 2.12 bits per heavy atom. The monoisotopic (exact) mass is 250 g/mol. The van der Waals surface area contributed by atoms with E-state index in [1.54, 1.807) is 18.3 Å². The molecule has 0 saturated carbocycles. The maximum absolute atomic E-state index is 13.0. The minimum Gasteiger partial charge on any atom is -0.385 e. The number of hydrogen-bond donors (Lipinski definition) is 1.